The van der Waals surface area contributed by atoms with E-state index in [4.69, 9.17) is 4.74 Å². The lowest BCUT2D eigenvalue weighted by atomic mass is 9.76. The number of phenolic OH excluding ortho intramolecular Hbond substituents is 1. The van der Waals surface area contributed by atoms with Crippen LogP contribution in [-0.2, 0) is 0 Å². The van der Waals surface area contributed by atoms with E-state index in [1.165, 1.54) is 22.4 Å². The molecule has 3 aromatic rings. The Labute approximate surface area is 203 Å². The molecule has 5 heteroatoms. The summed E-state index contributed by atoms with van der Waals surface area (Å²) in [6, 6.07) is 19.1. The van der Waals surface area contributed by atoms with Crippen molar-refractivity contribution in [2.24, 2.45) is 10.9 Å². The number of nitrogens with zero attached hydrogens (tertiary/aromatic N) is 1. The molecular formula is C28H27BrN2O2. The minimum atomic E-state index is 0.106. The predicted octanol–water partition coefficient (Wildman–Crippen LogP) is 7.44. The Morgan fingerprint density at radius 1 is 1.15 bits per heavy atom. The van der Waals surface area contributed by atoms with E-state index in [9.17, 15) is 5.11 Å². The van der Waals surface area contributed by atoms with Gasteiger partial charge in [0.05, 0.1) is 22.8 Å². The van der Waals surface area contributed by atoms with Gasteiger partial charge in [0.1, 0.15) is 0 Å². The second kappa shape index (κ2) is 9.06. The number of aromatic hydroxyl groups is 1. The maximum absolute atomic E-state index is 10.1. The monoisotopic (exact) mass is 502 g/mol. The van der Waals surface area contributed by atoms with Crippen LogP contribution < -0.4 is 10.1 Å². The van der Waals surface area contributed by atoms with E-state index < -0.39 is 0 Å². The second-order valence-electron chi connectivity index (χ2n) is 8.70. The van der Waals surface area contributed by atoms with Crippen LogP contribution in [0.25, 0.3) is 0 Å². The summed E-state index contributed by atoms with van der Waals surface area (Å²) in [6.45, 7) is 4.53. The number of phenols is 1. The minimum Gasteiger partial charge on any atom is -0.503 e. The molecule has 0 unspecified atom stereocenters. The Balaban J connectivity index is 1.37. The van der Waals surface area contributed by atoms with E-state index in [0.29, 0.717) is 28.7 Å². The molecule has 0 fully saturated rings. The standard InChI is InChI=1S/C28H27BrN2O2/c1-3-33-26-15-18(14-24(29)28(26)32)16-30-20-10-8-19(9-11-20)27-22-6-4-5-21(22)23-13-17(2)7-12-25(23)31-27/h4-5,7-16,21-22,27,31-32H,3,6H2,1-2H3/t21-,22+,27+/m1/s1. The molecule has 0 radical (unpaired) electrons. The Bertz CT molecular complexity index is 1230. The normalized spacial score (nSPS) is 21.0. The molecule has 0 bridgehead atoms. The average Bonchev–Trinajstić information content (AvgIpc) is 3.31. The largest absolute Gasteiger partial charge is 0.503 e. The smallest absolute Gasteiger partial charge is 0.172 e. The van der Waals surface area contributed by atoms with Crippen molar-refractivity contribution >= 4 is 33.5 Å². The highest BCUT2D eigenvalue weighted by Gasteiger charge is 2.37. The number of aliphatic imine (C=N–C) groups is 1. The van der Waals surface area contributed by atoms with Crippen LogP contribution in [0, 0.1) is 12.8 Å². The highest BCUT2D eigenvalue weighted by molar-refractivity contribution is 9.10. The first-order valence-corrected chi connectivity index (χ1v) is 12.2. The third-order valence-corrected chi connectivity index (χ3v) is 7.09. The third-order valence-electron chi connectivity index (χ3n) is 6.48. The van der Waals surface area contributed by atoms with Gasteiger partial charge in [0, 0.05) is 17.8 Å². The summed E-state index contributed by atoms with van der Waals surface area (Å²) in [4.78, 5) is 4.63. The number of allylic oxidation sites excluding steroid dienone is 2. The highest BCUT2D eigenvalue weighted by Crippen LogP contribution is 2.50. The highest BCUT2D eigenvalue weighted by atomic mass is 79.9. The number of hydrogen-bond acceptors (Lipinski definition) is 4. The molecule has 3 aromatic carbocycles. The van der Waals surface area contributed by atoms with E-state index >= 15 is 0 Å². The average molecular weight is 503 g/mol. The van der Waals surface area contributed by atoms with E-state index in [1.54, 1.807) is 12.3 Å². The van der Waals surface area contributed by atoms with E-state index in [1.807, 2.05) is 13.0 Å². The van der Waals surface area contributed by atoms with Crippen LogP contribution in [0.15, 0.2) is 76.2 Å². The number of nitrogens with one attached hydrogen (secondary N) is 1. The molecule has 4 nitrogen and oxygen atoms in total. The summed E-state index contributed by atoms with van der Waals surface area (Å²) in [5.41, 5.74) is 6.98. The molecule has 168 valence electrons. The van der Waals surface area contributed by atoms with Crippen molar-refractivity contribution in [3.63, 3.8) is 0 Å². The van der Waals surface area contributed by atoms with Crippen molar-refractivity contribution in [2.75, 3.05) is 11.9 Å². The van der Waals surface area contributed by atoms with E-state index in [-0.39, 0.29) is 11.8 Å². The Morgan fingerprint density at radius 3 is 2.76 bits per heavy atom. The van der Waals surface area contributed by atoms with Crippen molar-refractivity contribution < 1.29 is 9.84 Å². The van der Waals surface area contributed by atoms with E-state index in [0.717, 1.165) is 17.7 Å². The zero-order valence-electron chi connectivity index (χ0n) is 18.8. The lowest BCUT2D eigenvalue weighted by Gasteiger charge is -2.37. The second-order valence-corrected chi connectivity index (χ2v) is 9.55. The first kappa shape index (κ1) is 21.8. The maximum atomic E-state index is 10.1. The molecule has 2 N–H and O–H groups in total. The fraction of sp³-hybridized carbons (Fsp3) is 0.250. The summed E-state index contributed by atoms with van der Waals surface area (Å²) in [7, 11) is 0. The number of anilines is 1. The van der Waals surface area contributed by atoms with Gasteiger partial charge >= 0.3 is 0 Å². The summed E-state index contributed by atoms with van der Waals surface area (Å²) < 4.78 is 6.09. The van der Waals surface area contributed by atoms with Crippen LogP contribution >= 0.6 is 15.9 Å². The van der Waals surface area contributed by atoms with Gasteiger partial charge in [-0.05, 0) is 89.1 Å². The van der Waals surface area contributed by atoms with Crippen molar-refractivity contribution in [2.45, 2.75) is 32.2 Å². The molecular weight excluding hydrogens is 476 g/mol. The number of fused-ring (bicyclic) bond motifs is 3. The van der Waals surface area contributed by atoms with Gasteiger partial charge in [-0.2, -0.15) is 0 Å². The molecule has 33 heavy (non-hydrogen) atoms. The van der Waals surface area contributed by atoms with E-state index in [2.05, 4.69) is 87.8 Å². The molecule has 3 atom stereocenters. The summed E-state index contributed by atoms with van der Waals surface area (Å²) in [5, 5.41) is 13.9. The number of ether oxygens (including phenoxy) is 1. The lowest BCUT2D eigenvalue weighted by Crippen LogP contribution is -2.29. The first-order chi connectivity index (χ1) is 16.0. The van der Waals surface area contributed by atoms with Crippen molar-refractivity contribution in [1.29, 1.82) is 0 Å². The predicted molar refractivity (Wildman–Crippen MR) is 138 cm³/mol. The molecule has 1 aliphatic heterocycles. The number of hydrogen-bond donors (Lipinski definition) is 2. The number of aryl methyl sites for hydroxylation is 1. The zero-order valence-corrected chi connectivity index (χ0v) is 20.3. The summed E-state index contributed by atoms with van der Waals surface area (Å²) in [5.74, 6) is 1.55. The minimum absolute atomic E-state index is 0.106. The molecule has 0 saturated heterocycles. The topological polar surface area (TPSA) is 53.8 Å². The van der Waals surface area contributed by atoms with Crippen LogP contribution in [0.2, 0.25) is 0 Å². The zero-order chi connectivity index (χ0) is 22.9. The van der Waals surface area contributed by atoms with Crippen molar-refractivity contribution in [3.05, 3.63) is 93.5 Å². The fourth-order valence-electron chi connectivity index (χ4n) is 4.89. The molecule has 1 heterocycles. The van der Waals surface area contributed by atoms with Gasteiger partial charge in [-0.25, -0.2) is 0 Å². The molecule has 0 spiro atoms. The van der Waals surface area contributed by atoms with Crippen LogP contribution in [0.4, 0.5) is 11.4 Å². The van der Waals surface area contributed by atoms with Crippen LogP contribution in [-0.4, -0.2) is 17.9 Å². The molecule has 5 rings (SSSR count). The van der Waals surface area contributed by atoms with Gasteiger partial charge in [0.25, 0.3) is 0 Å². The Hall–Kier alpha value is -3.05. The molecule has 0 amide bonds. The van der Waals surface area contributed by atoms with Gasteiger partial charge in [-0.15, -0.1) is 0 Å². The molecule has 2 aliphatic rings. The maximum Gasteiger partial charge on any atom is 0.172 e. The fourth-order valence-corrected chi connectivity index (χ4v) is 5.35. The quantitative estimate of drug-likeness (QED) is 0.281. The molecule has 0 saturated carbocycles. The number of halogens is 1. The summed E-state index contributed by atoms with van der Waals surface area (Å²) >= 11 is 3.38. The number of benzene rings is 3. The third kappa shape index (κ3) is 4.30. The molecule has 0 aromatic heterocycles. The lowest BCUT2D eigenvalue weighted by molar-refractivity contribution is 0.317. The van der Waals surface area contributed by atoms with Gasteiger partial charge in [-0.1, -0.05) is 42.0 Å². The van der Waals surface area contributed by atoms with Crippen LogP contribution in [0.5, 0.6) is 11.5 Å². The van der Waals surface area contributed by atoms with Gasteiger partial charge < -0.3 is 15.2 Å². The number of rotatable bonds is 5. The van der Waals surface area contributed by atoms with Crippen LogP contribution in [0.1, 0.15) is 47.6 Å². The Kier molecular flexibility index (Phi) is 5.98. The van der Waals surface area contributed by atoms with Gasteiger partial charge in [-0.3, -0.25) is 4.99 Å². The Morgan fingerprint density at radius 2 is 1.97 bits per heavy atom. The van der Waals surface area contributed by atoms with Gasteiger partial charge in [0.2, 0.25) is 0 Å². The summed E-state index contributed by atoms with van der Waals surface area (Å²) in [6.07, 6.45) is 7.58. The van der Waals surface area contributed by atoms with Crippen molar-refractivity contribution in [1.82, 2.24) is 0 Å². The van der Waals surface area contributed by atoms with Crippen LogP contribution in [0.3, 0.4) is 0 Å². The first-order valence-electron chi connectivity index (χ1n) is 11.4. The van der Waals surface area contributed by atoms with Gasteiger partial charge in [0.15, 0.2) is 11.5 Å². The van der Waals surface area contributed by atoms with Crippen molar-refractivity contribution in [3.8, 4) is 11.5 Å². The SMILES string of the molecule is CCOc1cc(C=Nc2ccc([C@@H]3Nc4ccc(C)cc4[C@@H]4C=CC[C@@H]43)cc2)cc(Br)c1O. The molecule has 1 aliphatic carbocycles.